The van der Waals surface area contributed by atoms with Gasteiger partial charge in [-0.25, -0.2) is 4.68 Å². The van der Waals surface area contributed by atoms with E-state index in [1.54, 1.807) is 9.58 Å². The van der Waals surface area contributed by atoms with E-state index in [0.717, 1.165) is 29.8 Å². The van der Waals surface area contributed by atoms with E-state index in [0.29, 0.717) is 17.9 Å². The summed E-state index contributed by atoms with van der Waals surface area (Å²) in [6, 6.07) is 17.7. The fraction of sp³-hybridized carbons (Fsp3) is 0.452. The minimum atomic E-state index is -0.245. The second-order valence-corrected chi connectivity index (χ2v) is 11.9. The molecule has 37 heavy (non-hydrogen) atoms. The van der Waals surface area contributed by atoms with Crippen molar-refractivity contribution in [1.82, 2.24) is 14.7 Å². The highest BCUT2D eigenvalue weighted by Crippen LogP contribution is 2.27. The number of benzene rings is 2. The SMILES string of the molecule is CCCCN(CC(=O)Nc1cc(C(C)(C)C)nn1-c1cccc(C)c1)C(=O)c1ccc(C(C)(C)C)cc1. The van der Waals surface area contributed by atoms with Gasteiger partial charge in [-0.15, -0.1) is 0 Å². The number of nitrogens with zero attached hydrogens (tertiary/aromatic N) is 3. The average molecular weight is 503 g/mol. The van der Waals surface area contributed by atoms with E-state index in [1.165, 1.54) is 5.56 Å². The number of nitrogens with one attached hydrogen (secondary N) is 1. The molecule has 0 radical (unpaired) electrons. The van der Waals surface area contributed by atoms with Crippen molar-refractivity contribution in [3.05, 3.63) is 77.0 Å². The van der Waals surface area contributed by atoms with Crippen molar-refractivity contribution in [2.24, 2.45) is 0 Å². The molecule has 3 rings (SSSR count). The lowest BCUT2D eigenvalue weighted by Gasteiger charge is -2.23. The number of unbranched alkanes of at least 4 members (excludes halogenated alkanes) is 1. The molecular weight excluding hydrogens is 460 g/mol. The maximum Gasteiger partial charge on any atom is 0.254 e. The van der Waals surface area contributed by atoms with Gasteiger partial charge in [0, 0.05) is 23.6 Å². The zero-order valence-corrected chi connectivity index (χ0v) is 23.7. The maximum atomic E-state index is 13.4. The predicted molar refractivity (Wildman–Crippen MR) is 152 cm³/mol. The molecule has 0 aliphatic carbocycles. The number of hydrogen-bond acceptors (Lipinski definition) is 3. The minimum absolute atomic E-state index is 0.00944. The molecule has 0 bridgehead atoms. The van der Waals surface area contributed by atoms with E-state index in [4.69, 9.17) is 5.10 Å². The Morgan fingerprint density at radius 2 is 1.62 bits per heavy atom. The van der Waals surface area contributed by atoms with Gasteiger partial charge in [0.15, 0.2) is 0 Å². The third-order valence-electron chi connectivity index (χ3n) is 6.39. The number of carbonyl (C=O) groups is 2. The van der Waals surface area contributed by atoms with Crippen LogP contribution in [0.4, 0.5) is 5.82 Å². The van der Waals surface area contributed by atoms with Crippen LogP contribution in [-0.2, 0) is 15.6 Å². The van der Waals surface area contributed by atoms with E-state index < -0.39 is 0 Å². The van der Waals surface area contributed by atoms with E-state index >= 15 is 0 Å². The van der Waals surface area contributed by atoms with Crippen LogP contribution in [0.5, 0.6) is 0 Å². The second kappa shape index (κ2) is 11.3. The summed E-state index contributed by atoms with van der Waals surface area (Å²) in [4.78, 5) is 28.3. The molecule has 0 saturated heterocycles. The summed E-state index contributed by atoms with van der Waals surface area (Å²) in [6.07, 6.45) is 1.76. The molecule has 3 aromatic rings. The zero-order chi connectivity index (χ0) is 27.4. The Balaban J connectivity index is 1.84. The van der Waals surface area contributed by atoms with Crippen molar-refractivity contribution >= 4 is 17.6 Å². The minimum Gasteiger partial charge on any atom is -0.329 e. The molecule has 0 fully saturated rings. The van der Waals surface area contributed by atoms with Crippen LogP contribution in [0.3, 0.4) is 0 Å². The van der Waals surface area contributed by atoms with Gasteiger partial charge in [0.25, 0.3) is 5.91 Å². The number of aromatic nitrogens is 2. The molecule has 0 aliphatic heterocycles. The second-order valence-electron chi connectivity index (χ2n) is 11.9. The van der Waals surface area contributed by atoms with Gasteiger partial charge in [-0.3, -0.25) is 9.59 Å². The first-order valence-electron chi connectivity index (χ1n) is 13.2. The molecule has 6 heteroatoms. The Morgan fingerprint density at radius 3 is 2.19 bits per heavy atom. The molecule has 2 amide bonds. The van der Waals surface area contributed by atoms with Crippen LogP contribution in [0.25, 0.3) is 5.69 Å². The molecule has 1 aromatic heterocycles. The third kappa shape index (κ3) is 7.31. The van der Waals surface area contributed by atoms with Gasteiger partial charge >= 0.3 is 0 Å². The Hall–Kier alpha value is -3.41. The van der Waals surface area contributed by atoms with Gasteiger partial charge in [-0.2, -0.15) is 5.10 Å². The Labute approximate surface area is 222 Å². The molecule has 1 N–H and O–H groups in total. The van der Waals surface area contributed by atoms with Gasteiger partial charge in [0.05, 0.1) is 11.4 Å². The van der Waals surface area contributed by atoms with Crippen molar-refractivity contribution in [2.75, 3.05) is 18.4 Å². The molecule has 0 unspecified atom stereocenters. The Morgan fingerprint density at radius 1 is 0.946 bits per heavy atom. The summed E-state index contributed by atoms with van der Waals surface area (Å²) in [7, 11) is 0. The molecule has 2 aromatic carbocycles. The Kier molecular flexibility index (Phi) is 8.62. The number of hydrogen-bond donors (Lipinski definition) is 1. The highest BCUT2D eigenvalue weighted by atomic mass is 16.2. The van der Waals surface area contributed by atoms with Crippen molar-refractivity contribution in [3.63, 3.8) is 0 Å². The lowest BCUT2D eigenvalue weighted by atomic mass is 9.86. The number of carbonyl (C=O) groups excluding carboxylic acids is 2. The van der Waals surface area contributed by atoms with E-state index in [2.05, 4.69) is 53.8 Å². The Bertz CT molecular complexity index is 1230. The summed E-state index contributed by atoms with van der Waals surface area (Å²) in [5.41, 5.74) is 4.45. The van der Waals surface area contributed by atoms with Gasteiger partial charge in [-0.05, 0) is 54.2 Å². The summed E-state index contributed by atoms with van der Waals surface area (Å²) in [6.45, 7) is 17.3. The molecule has 6 nitrogen and oxygen atoms in total. The molecule has 0 aliphatic rings. The molecule has 0 saturated carbocycles. The summed E-state index contributed by atoms with van der Waals surface area (Å²) in [5.74, 6) is 0.217. The predicted octanol–water partition coefficient (Wildman–Crippen LogP) is 6.66. The van der Waals surface area contributed by atoms with Crippen molar-refractivity contribution in [3.8, 4) is 5.69 Å². The fourth-order valence-corrected chi connectivity index (χ4v) is 4.05. The first-order chi connectivity index (χ1) is 17.3. The van der Waals surface area contributed by atoms with Crippen LogP contribution in [0, 0.1) is 6.92 Å². The van der Waals surface area contributed by atoms with Gasteiger partial charge < -0.3 is 10.2 Å². The standard InChI is InChI=1S/C31H42N4O2/c1-9-10-18-34(29(37)23-14-16-24(17-15-23)30(3,4)5)21-28(36)32-27-20-26(31(6,7)8)33-35(27)25-13-11-12-22(2)19-25/h11-17,19-20H,9-10,18,21H2,1-8H3,(H,32,36). The zero-order valence-electron chi connectivity index (χ0n) is 23.7. The summed E-state index contributed by atoms with van der Waals surface area (Å²) >= 11 is 0. The molecule has 198 valence electrons. The van der Waals surface area contributed by atoms with Crippen LogP contribution in [0.2, 0.25) is 0 Å². The van der Waals surface area contributed by atoms with Crippen LogP contribution in [-0.4, -0.2) is 39.6 Å². The number of aryl methyl sites for hydroxylation is 1. The number of anilines is 1. The molecular formula is C31H42N4O2. The van der Waals surface area contributed by atoms with E-state index in [1.807, 2.05) is 61.5 Å². The first-order valence-corrected chi connectivity index (χ1v) is 13.2. The highest BCUT2D eigenvalue weighted by Gasteiger charge is 2.24. The van der Waals surface area contributed by atoms with Crippen LogP contribution < -0.4 is 5.32 Å². The lowest BCUT2D eigenvalue weighted by Crippen LogP contribution is -2.39. The summed E-state index contributed by atoms with van der Waals surface area (Å²) in [5, 5.41) is 7.84. The quantitative estimate of drug-likeness (QED) is 0.375. The van der Waals surface area contributed by atoms with Crippen molar-refractivity contribution < 1.29 is 9.59 Å². The van der Waals surface area contributed by atoms with Crippen LogP contribution >= 0.6 is 0 Å². The molecule has 0 atom stereocenters. The van der Waals surface area contributed by atoms with Crippen LogP contribution in [0.15, 0.2) is 54.6 Å². The normalized spacial score (nSPS) is 11.9. The summed E-state index contributed by atoms with van der Waals surface area (Å²) < 4.78 is 1.77. The lowest BCUT2D eigenvalue weighted by molar-refractivity contribution is -0.117. The topological polar surface area (TPSA) is 67.2 Å². The smallest absolute Gasteiger partial charge is 0.254 e. The highest BCUT2D eigenvalue weighted by molar-refractivity contribution is 5.99. The van der Waals surface area contributed by atoms with E-state index in [-0.39, 0.29) is 29.2 Å². The maximum absolute atomic E-state index is 13.4. The van der Waals surface area contributed by atoms with Gasteiger partial charge in [0.2, 0.25) is 5.91 Å². The van der Waals surface area contributed by atoms with Crippen LogP contribution in [0.1, 0.15) is 88.5 Å². The largest absolute Gasteiger partial charge is 0.329 e. The molecule has 0 spiro atoms. The monoisotopic (exact) mass is 502 g/mol. The third-order valence-corrected chi connectivity index (χ3v) is 6.39. The van der Waals surface area contributed by atoms with Crippen molar-refractivity contribution in [2.45, 2.75) is 79.1 Å². The van der Waals surface area contributed by atoms with Crippen molar-refractivity contribution in [1.29, 1.82) is 0 Å². The molecule has 1 heterocycles. The average Bonchev–Trinajstić information content (AvgIpc) is 3.25. The van der Waals surface area contributed by atoms with E-state index in [9.17, 15) is 9.59 Å². The fourth-order valence-electron chi connectivity index (χ4n) is 4.05. The van der Waals surface area contributed by atoms with Gasteiger partial charge in [-0.1, -0.05) is 79.2 Å². The first kappa shape index (κ1) is 28.2. The van der Waals surface area contributed by atoms with Gasteiger partial charge in [0.1, 0.15) is 12.4 Å². The number of amides is 2. The number of rotatable bonds is 8.